The van der Waals surface area contributed by atoms with Gasteiger partial charge < -0.3 is 5.32 Å². The molecule has 0 unspecified atom stereocenters. The van der Waals surface area contributed by atoms with Crippen LogP contribution in [0.3, 0.4) is 0 Å². The fourth-order valence-corrected chi connectivity index (χ4v) is 5.68. The number of benzene rings is 1. The second kappa shape index (κ2) is 4.57. The van der Waals surface area contributed by atoms with E-state index in [0.29, 0.717) is 12.0 Å². The molecule has 2 fully saturated rings. The topological polar surface area (TPSA) is 32.3 Å². The van der Waals surface area contributed by atoms with Gasteiger partial charge in [0.25, 0.3) is 0 Å². The molecule has 2 bridgehead atoms. The Morgan fingerprint density at radius 1 is 1.30 bits per heavy atom. The van der Waals surface area contributed by atoms with E-state index in [4.69, 9.17) is 0 Å². The molecule has 2 saturated heterocycles. The van der Waals surface area contributed by atoms with Crippen LogP contribution >= 0.6 is 0 Å². The Morgan fingerprint density at radius 3 is 3.00 bits per heavy atom. The van der Waals surface area contributed by atoms with Crippen LogP contribution < -0.4 is 5.32 Å². The molecule has 1 aromatic carbocycles. The molecular weight excluding hydrogens is 284 g/mol. The molecular formula is C20H22N2O. The summed E-state index contributed by atoms with van der Waals surface area (Å²) >= 11 is 0. The molecule has 1 aliphatic carbocycles. The summed E-state index contributed by atoms with van der Waals surface area (Å²) < 4.78 is 0. The van der Waals surface area contributed by atoms with Crippen LogP contribution in [-0.2, 0) is 10.2 Å². The average molecular weight is 306 g/mol. The minimum absolute atomic E-state index is 0.0204. The molecule has 1 aromatic rings. The number of nitrogens with one attached hydrogen (secondary N) is 1. The van der Waals surface area contributed by atoms with E-state index < -0.39 is 0 Å². The van der Waals surface area contributed by atoms with Gasteiger partial charge in [0.1, 0.15) is 6.29 Å². The molecule has 0 amide bonds. The largest absolute Gasteiger partial charge is 0.358 e. The lowest BCUT2D eigenvalue weighted by molar-refractivity contribution is -0.105. The number of aldehydes is 1. The van der Waals surface area contributed by atoms with Gasteiger partial charge in [0.05, 0.1) is 5.41 Å². The number of allylic oxidation sites excluding steroid dienone is 2. The number of rotatable bonds is 1. The molecule has 23 heavy (non-hydrogen) atoms. The van der Waals surface area contributed by atoms with E-state index >= 15 is 0 Å². The Hall–Kier alpha value is -1.87. The summed E-state index contributed by atoms with van der Waals surface area (Å²) in [7, 11) is 0. The Balaban J connectivity index is 1.82. The van der Waals surface area contributed by atoms with Gasteiger partial charge >= 0.3 is 0 Å². The summed E-state index contributed by atoms with van der Waals surface area (Å²) in [5.41, 5.74) is 6.29. The van der Waals surface area contributed by atoms with Crippen LogP contribution in [0.4, 0.5) is 5.69 Å². The van der Waals surface area contributed by atoms with Crippen molar-refractivity contribution in [1.82, 2.24) is 4.90 Å². The van der Waals surface area contributed by atoms with E-state index in [-0.39, 0.29) is 5.41 Å². The highest BCUT2D eigenvalue weighted by molar-refractivity contribution is 5.84. The summed E-state index contributed by atoms with van der Waals surface area (Å²) in [5.74, 6) is 0.301. The standard InChI is InChI=1S/C20H22N2O/c1-2-13-7-9-22-10-8-20-16-5-3-4-6-17(16)21-19(20)15(12-23)14(13)11-18(20)22/h2-6,12,14,18,21H,7-11H2,1H3/t14-,18-,20+/m0/s1. The first kappa shape index (κ1) is 13.6. The van der Waals surface area contributed by atoms with Crippen molar-refractivity contribution in [2.75, 3.05) is 18.4 Å². The summed E-state index contributed by atoms with van der Waals surface area (Å²) in [4.78, 5) is 14.7. The van der Waals surface area contributed by atoms with Crippen LogP contribution in [0.1, 0.15) is 31.7 Å². The summed E-state index contributed by atoms with van der Waals surface area (Å²) in [6, 6.07) is 9.18. The Labute approximate surface area is 137 Å². The minimum atomic E-state index is 0.0204. The minimum Gasteiger partial charge on any atom is -0.358 e. The van der Waals surface area contributed by atoms with E-state index in [1.807, 2.05) is 0 Å². The van der Waals surface area contributed by atoms with Crippen molar-refractivity contribution in [3.05, 3.63) is 52.7 Å². The molecule has 3 nitrogen and oxygen atoms in total. The summed E-state index contributed by atoms with van der Waals surface area (Å²) in [6.07, 6.45) is 6.69. The smallest absolute Gasteiger partial charge is 0.148 e. The lowest BCUT2D eigenvalue weighted by Gasteiger charge is -2.42. The quantitative estimate of drug-likeness (QED) is 0.638. The van der Waals surface area contributed by atoms with E-state index in [1.54, 1.807) is 0 Å². The normalized spacial score (nSPS) is 36.5. The van der Waals surface area contributed by atoms with Crippen LogP contribution in [0.5, 0.6) is 0 Å². The highest BCUT2D eigenvalue weighted by atomic mass is 16.1. The average Bonchev–Trinajstić information content (AvgIpc) is 3.07. The van der Waals surface area contributed by atoms with Crippen LogP contribution in [0.15, 0.2) is 47.2 Å². The molecule has 3 heterocycles. The molecule has 118 valence electrons. The predicted octanol–water partition coefficient (Wildman–Crippen LogP) is 3.25. The van der Waals surface area contributed by atoms with E-state index in [9.17, 15) is 4.79 Å². The SMILES string of the molecule is CC=C1CCN2CC[C@]34C(=C(C=O)[C@H]1C[C@H]23)Nc1ccccc14. The Bertz CT molecular complexity index is 763. The number of anilines is 1. The van der Waals surface area contributed by atoms with Crippen molar-refractivity contribution in [2.24, 2.45) is 5.92 Å². The fraction of sp³-hybridized carbons (Fsp3) is 0.450. The maximum atomic E-state index is 12.1. The van der Waals surface area contributed by atoms with E-state index in [1.165, 1.54) is 22.5 Å². The molecule has 5 rings (SSSR count). The number of hydrogen-bond acceptors (Lipinski definition) is 3. The molecule has 0 saturated carbocycles. The molecule has 3 aliphatic heterocycles. The number of para-hydroxylation sites is 1. The lowest BCUT2D eigenvalue weighted by atomic mass is 9.64. The third-order valence-corrected chi connectivity index (χ3v) is 6.67. The summed E-state index contributed by atoms with van der Waals surface area (Å²) in [6.45, 7) is 4.39. The van der Waals surface area contributed by atoms with Gasteiger partial charge in [-0.05, 0) is 44.4 Å². The van der Waals surface area contributed by atoms with Crippen molar-refractivity contribution in [3.63, 3.8) is 0 Å². The van der Waals surface area contributed by atoms with E-state index in [2.05, 4.69) is 47.5 Å². The zero-order valence-electron chi connectivity index (χ0n) is 13.5. The number of carbonyl (C=O) groups is 1. The maximum absolute atomic E-state index is 12.1. The summed E-state index contributed by atoms with van der Waals surface area (Å²) in [5, 5.41) is 3.65. The molecule has 1 spiro atoms. The van der Waals surface area contributed by atoms with Crippen LogP contribution in [0.25, 0.3) is 0 Å². The van der Waals surface area contributed by atoms with Crippen molar-refractivity contribution in [2.45, 2.75) is 37.6 Å². The third-order valence-electron chi connectivity index (χ3n) is 6.67. The molecule has 3 heteroatoms. The zero-order chi connectivity index (χ0) is 15.6. The fourth-order valence-electron chi connectivity index (χ4n) is 5.68. The molecule has 3 atom stereocenters. The zero-order valence-corrected chi connectivity index (χ0v) is 13.5. The number of fused-ring (bicyclic) bond motifs is 2. The first-order valence-electron chi connectivity index (χ1n) is 8.75. The van der Waals surface area contributed by atoms with Gasteiger partial charge in [-0.1, -0.05) is 29.8 Å². The third kappa shape index (κ3) is 1.51. The second-order valence-corrected chi connectivity index (χ2v) is 7.29. The highest BCUT2D eigenvalue weighted by Gasteiger charge is 2.59. The Morgan fingerprint density at radius 2 is 2.17 bits per heavy atom. The highest BCUT2D eigenvalue weighted by Crippen LogP contribution is 2.59. The number of nitrogens with zero attached hydrogens (tertiary/aromatic N) is 1. The van der Waals surface area contributed by atoms with Gasteiger partial charge in [0.2, 0.25) is 0 Å². The first-order valence-corrected chi connectivity index (χ1v) is 8.75. The predicted molar refractivity (Wildman–Crippen MR) is 91.3 cm³/mol. The van der Waals surface area contributed by atoms with Crippen molar-refractivity contribution in [3.8, 4) is 0 Å². The van der Waals surface area contributed by atoms with Crippen LogP contribution in [0.2, 0.25) is 0 Å². The van der Waals surface area contributed by atoms with Crippen LogP contribution in [0, 0.1) is 5.92 Å². The van der Waals surface area contributed by atoms with Gasteiger partial charge in [-0.3, -0.25) is 9.69 Å². The molecule has 1 N–H and O–H groups in total. The number of carbonyl (C=O) groups excluding carboxylic acids is 1. The van der Waals surface area contributed by atoms with Gasteiger partial charge in [0.15, 0.2) is 0 Å². The van der Waals surface area contributed by atoms with Crippen LogP contribution in [-0.4, -0.2) is 30.3 Å². The molecule has 0 aromatic heterocycles. The maximum Gasteiger partial charge on any atom is 0.148 e. The van der Waals surface area contributed by atoms with Gasteiger partial charge in [-0.15, -0.1) is 0 Å². The Kier molecular flexibility index (Phi) is 2.70. The van der Waals surface area contributed by atoms with Crippen molar-refractivity contribution >= 4 is 12.0 Å². The number of hydrogen-bond donors (Lipinski definition) is 1. The lowest BCUT2D eigenvalue weighted by Crippen LogP contribution is -2.47. The van der Waals surface area contributed by atoms with Gasteiger partial charge in [-0.25, -0.2) is 0 Å². The van der Waals surface area contributed by atoms with Crippen molar-refractivity contribution < 1.29 is 4.79 Å². The van der Waals surface area contributed by atoms with Crippen molar-refractivity contribution in [1.29, 1.82) is 0 Å². The van der Waals surface area contributed by atoms with Gasteiger partial charge in [-0.2, -0.15) is 0 Å². The molecule has 0 radical (unpaired) electrons. The second-order valence-electron chi connectivity index (χ2n) is 7.29. The monoisotopic (exact) mass is 306 g/mol. The first-order chi connectivity index (χ1) is 11.3. The van der Waals surface area contributed by atoms with Gasteiger partial charge in [0, 0.05) is 35.5 Å². The molecule has 4 aliphatic rings. The van der Waals surface area contributed by atoms with E-state index in [0.717, 1.165) is 44.2 Å².